The van der Waals surface area contributed by atoms with E-state index in [4.69, 9.17) is 22.9 Å². The minimum Gasteiger partial charge on any atom is -0.501 e. The van der Waals surface area contributed by atoms with Crippen molar-refractivity contribution >= 4 is 39.9 Å². The smallest absolute Gasteiger partial charge is 0.242 e. The molecule has 1 aliphatic rings. The molecule has 0 unspecified atom stereocenters. The quantitative estimate of drug-likeness (QED) is 0.592. The Kier molecular flexibility index (Phi) is 2.84. The third kappa shape index (κ3) is 1.96. The fourth-order valence-corrected chi connectivity index (χ4v) is 1.81. The van der Waals surface area contributed by atoms with E-state index >= 15 is 0 Å². The standard InChI is InChI=1S/C10H7ClINO/c1-13-10-8(14-6-2-3-6)5-4-7(11)9(10)12/h4-6H,2-3H2. The molecule has 4 heteroatoms. The minimum absolute atomic E-state index is 0.312. The Bertz CT molecular complexity index is 409. The molecule has 1 aromatic carbocycles. The van der Waals surface area contributed by atoms with Crippen LogP contribution in [0.4, 0.5) is 5.69 Å². The number of benzene rings is 1. The van der Waals surface area contributed by atoms with Crippen molar-refractivity contribution in [2.45, 2.75) is 18.9 Å². The summed E-state index contributed by atoms with van der Waals surface area (Å²) in [5.41, 5.74) is 0.532. The topological polar surface area (TPSA) is 13.6 Å². The average Bonchev–Trinajstić information content (AvgIpc) is 2.96. The fourth-order valence-electron chi connectivity index (χ4n) is 1.09. The van der Waals surface area contributed by atoms with E-state index in [9.17, 15) is 0 Å². The van der Waals surface area contributed by atoms with Gasteiger partial charge >= 0.3 is 0 Å². The zero-order valence-corrected chi connectivity index (χ0v) is 10.2. The lowest BCUT2D eigenvalue weighted by Crippen LogP contribution is -1.96. The molecule has 0 heterocycles. The summed E-state index contributed by atoms with van der Waals surface area (Å²) < 4.78 is 6.38. The van der Waals surface area contributed by atoms with Crippen molar-refractivity contribution in [3.8, 4) is 5.75 Å². The highest BCUT2D eigenvalue weighted by atomic mass is 127. The van der Waals surface area contributed by atoms with Gasteiger partial charge in [0.05, 0.1) is 12.7 Å². The number of rotatable bonds is 2. The van der Waals surface area contributed by atoms with Crippen molar-refractivity contribution in [1.29, 1.82) is 0 Å². The van der Waals surface area contributed by atoms with Gasteiger partial charge in [0, 0.05) is 8.59 Å². The fraction of sp³-hybridized carbons (Fsp3) is 0.300. The first-order valence-corrected chi connectivity index (χ1v) is 5.70. The molecule has 0 spiro atoms. The number of ether oxygens (including phenoxy) is 1. The SMILES string of the molecule is [C-]#[N+]c1c(OC2CC2)ccc(Cl)c1I. The summed E-state index contributed by atoms with van der Waals surface area (Å²) in [7, 11) is 0. The molecule has 1 aromatic rings. The van der Waals surface area contributed by atoms with Crippen LogP contribution < -0.4 is 4.74 Å². The van der Waals surface area contributed by atoms with Gasteiger partial charge in [0.2, 0.25) is 5.69 Å². The molecule has 1 saturated carbocycles. The van der Waals surface area contributed by atoms with E-state index < -0.39 is 0 Å². The maximum absolute atomic E-state index is 7.07. The summed E-state index contributed by atoms with van der Waals surface area (Å²) in [5.74, 6) is 0.663. The summed E-state index contributed by atoms with van der Waals surface area (Å²) in [4.78, 5) is 3.44. The van der Waals surface area contributed by atoms with Gasteiger partial charge in [-0.1, -0.05) is 34.2 Å². The predicted octanol–water partition coefficient (Wildman–Crippen LogP) is 4.04. The maximum Gasteiger partial charge on any atom is 0.242 e. The second-order valence-corrected chi connectivity index (χ2v) is 4.62. The van der Waals surface area contributed by atoms with Crippen LogP contribution in [0.1, 0.15) is 12.8 Å². The van der Waals surface area contributed by atoms with Gasteiger partial charge in [-0.3, -0.25) is 0 Å². The summed E-state index contributed by atoms with van der Waals surface area (Å²) in [6.45, 7) is 7.07. The van der Waals surface area contributed by atoms with E-state index in [1.54, 1.807) is 12.1 Å². The van der Waals surface area contributed by atoms with Gasteiger partial charge < -0.3 is 4.74 Å². The van der Waals surface area contributed by atoms with Gasteiger partial charge in [0.25, 0.3) is 0 Å². The number of hydrogen-bond acceptors (Lipinski definition) is 1. The highest BCUT2D eigenvalue weighted by molar-refractivity contribution is 14.1. The molecule has 2 rings (SSSR count). The van der Waals surface area contributed by atoms with E-state index in [0.717, 1.165) is 16.4 Å². The van der Waals surface area contributed by atoms with Crippen LogP contribution in [0.25, 0.3) is 4.85 Å². The third-order valence-electron chi connectivity index (χ3n) is 1.96. The van der Waals surface area contributed by atoms with Gasteiger partial charge in [-0.15, -0.1) is 0 Å². The zero-order chi connectivity index (χ0) is 10.1. The van der Waals surface area contributed by atoms with Gasteiger partial charge in [-0.25, -0.2) is 4.85 Å². The largest absolute Gasteiger partial charge is 0.501 e. The van der Waals surface area contributed by atoms with E-state index in [1.165, 1.54) is 0 Å². The highest BCUT2D eigenvalue weighted by Crippen LogP contribution is 2.39. The molecule has 1 aliphatic carbocycles. The first-order valence-electron chi connectivity index (χ1n) is 4.24. The van der Waals surface area contributed by atoms with Gasteiger partial charge in [-0.2, -0.15) is 0 Å². The Morgan fingerprint density at radius 2 is 2.21 bits per heavy atom. The van der Waals surface area contributed by atoms with Crippen LogP contribution >= 0.6 is 34.2 Å². The van der Waals surface area contributed by atoms with Crippen molar-refractivity contribution in [3.63, 3.8) is 0 Å². The summed E-state index contributed by atoms with van der Waals surface area (Å²) in [6, 6.07) is 3.55. The number of nitrogens with zero attached hydrogens (tertiary/aromatic N) is 1. The zero-order valence-electron chi connectivity index (χ0n) is 7.26. The average molecular weight is 320 g/mol. The first kappa shape index (κ1) is 10.1. The summed E-state index contributed by atoms with van der Waals surface area (Å²) >= 11 is 7.98. The lowest BCUT2D eigenvalue weighted by Gasteiger charge is -2.08. The van der Waals surface area contributed by atoms with Crippen LogP contribution in [0.2, 0.25) is 5.02 Å². The van der Waals surface area contributed by atoms with Crippen molar-refractivity contribution in [1.82, 2.24) is 0 Å². The third-order valence-corrected chi connectivity index (χ3v) is 3.69. The van der Waals surface area contributed by atoms with Crippen molar-refractivity contribution in [3.05, 3.63) is 32.1 Å². The Morgan fingerprint density at radius 3 is 2.79 bits per heavy atom. The lowest BCUT2D eigenvalue weighted by molar-refractivity contribution is 0.305. The molecule has 2 nitrogen and oxygen atoms in total. The molecule has 1 fully saturated rings. The molecule has 0 amide bonds. The second kappa shape index (κ2) is 3.95. The van der Waals surface area contributed by atoms with Crippen molar-refractivity contribution in [2.75, 3.05) is 0 Å². The normalized spacial score (nSPS) is 14.9. The van der Waals surface area contributed by atoms with E-state index in [0.29, 0.717) is 22.6 Å². The summed E-state index contributed by atoms with van der Waals surface area (Å²) in [6.07, 6.45) is 2.50. The monoisotopic (exact) mass is 319 g/mol. The van der Waals surface area contributed by atoms with Gasteiger partial charge in [-0.05, 0) is 25.0 Å². The summed E-state index contributed by atoms with van der Waals surface area (Å²) in [5, 5.41) is 0.611. The maximum atomic E-state index is 7.07. The molecule has 0 N–H and O–H groups in total. The molecule has 72 valence electrons. The van der Waals surface area contributed by atoms with E-state index in [1.807, 2.05) is 0 Å². The van der Waals surface area contributed by atoms with Gasteiger partial charge in [0.15, 0.2) is 0 Å². The molecule has 0 aliphatic heterocycles. The Labute approximate surface area is 101 Å². The van der Waals surface area contributed by atoms with Crippen LogP contribution in [0, 0.1) is 10.1 Å². The molecule has 0 bridgehead atoms. The van der Waals surface area contributed by atoms with Crippen LogP contribution in [-0.4, -0.2) is 6.10 Å². The van der Waals surface area contributed by atoms with Crippen LogP contribution in [-0.2, 0) is 0 Å². The van der Waals surface area contributed by atoms with Gasteiger partial charge in [0.1, 0.15) is 5.75 Å². The molecular weight excluding hydrogens is 312 g/mol. The number of hydrogen-bond donors (Lipinski definition) is 0. The molecule has 0 radical (unpaired) electrons. The van der Waals surface area contributed by atoms with Crippen LogP contribution in [0.3, 0.4) is 0 Å². The Hall–Kier alpha value is -0.470. The lowest BCUT2D eigenvalue weighted by atomic mass is 10.3. The van der Waals surface area contributed by atoms with Crippen molar-refractivity contribution in [2.24, 2.45) is 0 Å². The van der Waals surface area contributed by atoms with Crippen LogP contribution in [0.5, 0.6) is 5.75 Å². The molecule has 0 atom stereocenters. The van der Waals surface area contributed by atoms with E-state index in [2.05, 4.69) is 27.4 Å². The van der Waals surface area contributed by atoms with E-state index in [-0.39, 0.29) is 0 Å². The number of halogens is 2. The molecule has 14 heavy (non-hydrogen) atoms. The Balaban J connectivity index is 2.38. The first-order chi connectivity index (χ1) is 6.72. The van der Waals surface area contributed by atoms with Crippen molar-refractivity contribution < 1.29 is 4.74 Å². The predicted molar refractivity (Wildman–Crippen MR) is 64.1 cm³/mol. The van der Waals surface area contributed by atoms with Crippen LogP contribution in [0.15, 0.2) is 12.1 Å². The minimum atomic E-state index is 0.312. The highest BCUT2D eigenvalue weighted by Gasteiger charge is 2.25. The molecule has 0 saturated heterocycles. The molecular formula is C10H7ClINO. The second-order valence-electron chi connectivity index (χ2n) is 3.14. The Morgan fingerprint density at radius 1 is 1.50 bits per heavy atom. The molecule has 0 aromatic heterocycles.